The van der Waals surface area contributed by atoms with Crippen LogP contribution >= 0.6 is 11.3 Å². The van der Waals surface area contributed by atoms with Crippen molar-refractivity contribution in [3.05, 3.63) is 22.4 Å². The molecule has 0 saturated heterocycles. The summed E-state index contributed by atoms with van der Waals surface area (Å²) < 4.78 is 0. The number of aliphatic hydroxyl groups is 1. The number of aliphatic hydroxyl groups excluding tert-OH is 1. The molecule has 1 aromatic heterocycles. The van der Waals surface area contributed by atoms with Crippen LogP contribution in [0.1, 0.15) is 30.1 Å². The second-order valence-corrected chi connectivity index (χ2v) is 4.66. The van der Waals surface area contributed by atoms with Crippen molar-refractivity contribution in [3.63, 3.8) is 0 Å². The van der Waals surface area contributed by atoms with E-state index < -0.39 is 6.10 Å². The minimum atomic E-state index is -0.505. The topological polar surface area (TPSA) is 78.4 Å². The lowest BCUT2D eigenvalue weighted by Gasteiger charge is -2.09. The van der Waals surface area contributed by atoms with Gasteiger partial charge in [0.05, 0.1) is 6.10 Å². The van der Waals surface area contributed by atoms with Crippen LogP contribution in [0.2, 0.25) is 0 Å². The molecule has 1 heterocycles. The smallest absolute Gasteiger partial charge is 0.252 e. The monoisotopic (exact) mass is 270 g/mol. The quantitative estimate of drug-likeness (QED) is 0.684. The van der Waals surface area contributed by atoms with Gasteiger partial charge < -0.3 is 15.7 Å². The molecule has 6 heteroatoms. The molecule has 5 nitrogen and oxygen atoms in total. The maximum Gasteiger partial charge on any atom is 0.252 e. The van der Waals surface area contributed by atoms with Gasteiger partial charge >= 0.3 is 0 Å². The molecule has 1 rings (SSSR count). The highest BCUT2D eigenvalue weighted by Gasteiger charge is 2.07. The van der Waals surface area contributed by atoms with Crippen molar-refractivity contribution in [1.82, 2.24) is 10.6 Å². The van der Waals surface area contributed by atoms with E-state index in [4.69, 9.17) is 0 Å². The van der Waals surface area contributed by atoms with Gasteiger partial charge in [0, 0.05) is 30.5 Å². The summed E-state index contributed by atoms with van der Waals surface area (Å²) in [5.41, 5.74) is 0.613. The first-order valence-electron chi connectivity index (χ1n) is 5.88. The highest BCUT2D eigenvalue weighted by molar-refractivity contribution is 7.08. The largest absolute Gasteiger partial charge is 0.391 e. The molecule has 0 fully saturated rings. The molecule has 0 radical (unpaired) electrons. The van der Waals surface area contributed by atoms with Gasteiger partial charge in [-0.1, -0.05) is 6.92 Å². The van der Waals surface area contributed by atoms with Gasteiger partial charge in [-0.25, -0.2) is 0 Å². The van der Waals surface area contributed by atoms with Gasteiger partial charge in [0.2, 0.25) is 5.91 Å². The fourth-order valence-electron chi connectivity index (χ4n) is 1.25. The first-order valence-corrected chi connectivity index (χ1v) is 6.83. The molecule has 0 spiro atoms. The van der Waals surface area contributed by atoms with E-state index in [-0.39, 0.29) is 24.8 Å². The third-order valence-corrected chi connectivity index (χ3v) is 3.11. The van der Waals surface area contributed by atoms with Gasteiger partial charge in [0.25, 0.3) is 5.91 Å². The molecule has 18 heavy (non-hydrogen) atoms. The fraction of sp³-hybridized carbons (Fsp3) is 0.500. The predicted octanol–water partition coefficient (Wildman–Crippen LogP) is 0.755. The van der Waals surface area contributed by atoms with Crippen LogP contribution in [0.25, 0.3) is 0 Å². The van der Waals surface area contributed by atoms with Gasteiger partial charge in [-0.2, -0.15) is 11.3 Å². The van der Waals surface area contributed by atoms with E-state index in [0.29, 0.717) is 18.5 Å². The third kappa shape index (κ3) is 5.29. The lowest BCUT2D eigenvalue weighted by molar-refractivity contribution is -0.121. The number of hydrogen-bond acceptors (Lipinski definition) is 4. The Balaban J connectivity index is 2.14. The highest BCUT2D eigenvalue weighted by Crippen LogP contribution is 2.04. The summed E-state index contributed by atoms with van der Waals surface area (Å²) in [7, 11) is 0. The molecule has 1 aromatic rings. The van der Waals surface area contributed by atoms with E-state index in [1.165, 1.54) is 11.3 Å². The molecule has 2 amide bonds. The number of nitrogens with one attached hydrogen (secondary N) is 2. The summed E-state index contributed by atoms with van der Waals surface area (Å²) in [6.07, 6.45) is 0.316. The molecule has 0 aliphatic heterocycles. The van der Waals surface area contributed by atoms with E-state index in [1.54, 1.807) is 11.4 Å². The Morgan fingerprint density at radius 2 is 2.22 bits per heavy atom. The molecule has 100 valence electrons. The van der Waals surface area contributed by atoms with Crippen molar-refractivity contribution in [2.75, 3.05) is 13.1 Å². The molecule has 0 aliphatic carbocycles. The Labute approximate surface area is 110 Å². The number of amides is 2. The third-order valence-electron chi connectivity index (χ3n) is 2.43. The zero-order valence-corrected chi connectivity index (χ0v) is 11.1. The normalized spacial score (nSPS) is 11.9. The Morgan fingerprint density at radius 3 is 2.83 bits per heavy atom. The van der Waals surface area contributed by atoms with E-state index in [2.05, 4.69) is 10.6 Å². The van der Waals surface area contributed by atoms with Crippen LogP contribution < -0.4 is 10.6 Å². The van der Waals surface area contributed by atoms with Gasteiger partial charge in [-0.3, -0.25) is 9.59 Å². The van der Waals surface area contributed by atoms with Gasteiger partial charge in [0.1, 0.15) is 0 Å². The van der Waals surface area contributed by atoms with Crippen molar-refractivity contribution < 1.29 is 14.7 Å². The lowest BCUT2D eigenvalue weighted by Crippen LogP contribution is -2.34. The lowest BCUT2D eigenvalue weighted by atomic mass is 10.2. The Hall–Kier alpha value is -1.40. The van der Waals surface area contributed by atoms with Crippen molar-refractivity contribution in [1.29, 1.82) is 0 Å². The van der Waals surface area contributed by atoms with Crippen molar-refractivity contribution >= 4 is 23.2 Å². The standard InChI is InChI=1S/C12H18N2O3S/c1-2-10(15)7-14-11(16)3-5-13-12(17)9-4-6-18-8-9/h4,6,8,10,15H,2-3,5,7H2,1H3,(H,13,17)(H,14,16). The minimum Gasteiger partial charge on any atom is -0.391 e. The Kier molecular flexibility index (Phi) is 6.38. The predicted molar refractivity (Wildman–Crippen MR) is 70.6 cm³/mol. The number of carbonyl (C=O) groups excluding carboxylic acids is 2. The molecule has 0 aliphatic rings. The van der Waals surface area contributed by atoms with E-state index in [1.807, 2.05) is 12.3 Å². The summed E-state index contributed by atoms with van der Waals surface area (Å²) in [5, 5.41) is 18.1. The van der Waals surface area contributed by atoms with Gasteiger partial charge in [-0.05, 0) is 17.9 Å². The van der Waals surface area contributed by atoms with Gasteiger partial charge in [0.15, 0.2) is 0 Å². The first kappa shape index (κ1) is 14.7. The van der Waals surface area contributed by atoms with E-state index >= 15 is 0 Å². The van der Waals surface area contributed by atoms with E-state index in [0.717, 1.165) is 0 Å². The minimum absolute atomic E-state index is 0.169. The molecular weight excluding hydrogens is 252 g/mol. The molecule has 3 N–H and O–H groups in total. The number of hydrogen-bond donors (Lipinski definition) is 3. The van der Waals surface area contributed by atoms with Crippen LogP contribution in [-0.4, -0.2) is 36.1 Å². The zero-order valence-electron chi connectivity index (χ0n) is 10.3. The Morgan fingerprint density at radius 1 is 1.44 bits per heavy atom. The maximum absolute atomic E-state index is 11.5. The van der Waals surface area contributed by atoms with Crippen LogP contribution in [-0.2, 0) is 4.79 Å². The highest BCUT2D eigenvalue weighted by atomic mass is 32.1. The fourth-order valence-corrected chi connectivity index (χ4v) is 1.89. The van der Waals surface area contributed by atoms with Crippen LogP contribution in [0.3, 0.4) is 0 Å². The molecule has 0 saturated carbocycles. The van der Waals surface area contributed by atoms with Crippen LogP contribution in [0.15, 0.2) is 16.8 Å². The number of thiophene rings is 1. The average molecular weight is 270 g/mol. The first-order chi connectivity index (χ1) is 8.63. The molecular formula is C12H18N2O3S. The second kappa shape index (κ2) is 7.84. The second-order valence-electron chi connectivity index (χ2n) is 3.88. The van der Waals surface area contributed by atoms with Crippen molar-refractivity contribution in [2.24, 2.45) is 0 Å². The molecule has 1 atom stereocenters. The van der Waals surface area contributed by atoms with Crippen molar-refractivity contribution in [3.8, 4) is 0 Å². The maximum atomic E-state index is 11.5. The number of carbonyl (C=O) groups is 2. The molecule has 0 bridgehead atoms. The SMILES string of the molecule is CCC(O)CNC(=O)CCNC(=O)c1ccsc1. The van der Waals surface area contributed by atoms with Crippen LogP contribution in [0, 0.1) is 0 Å². The molecule has 1 unspecified atom stereocenters. The number of rotatable bonds is 7. The average Bonchev–Trinajstić information content (AvgIpc) is 2.89. The van der Waals surface area contributed by atoms with Crippen molar-refractivity contribution in [2.45, 2.75) is 25.9 Å². The zero-order chi connectivity index (χ0) is 13.4. The summed E-state index contributed by atoms with van der Waals surface area (Å²) in [5.74, 6) is -0.342. The van der Waals surface area contributed by atoms with Crippen LogP contribution in [0.5, 0.6) is 0 Å². The summed E-state index contributed by atoms with van der Waals surface area (Å²) in [4.78, 5) is 22.9. The van der Waals surface area contributed by atoms with E-state index in [9.17, 15) is 14.7 Å². The Bertz CT molecular complexity index is 379. The van der Waals surface area contributed by atoms with Gasteiger partial charge in [-0.15, -0.1) is 0 Å². The molecule has 0 aromatic carbocycles. The summed E-state index contributed by atoms with van der Waals surface area (Å²) >= 11 is 1.45. The van der Waals surface area contributed by atoms with Crippen LogP contribution in [0.4, 0.5) is 0 Å². The summed E-state index contributed by atoms with van der Waals surface area (Å²) in [6.45, 7) is 2.40. The summed E-state index contributed by atoms with van der Waals surface area (Å²) in [6, 6.07) is 1.73.